The highest BCUT2D eigenvalue weighted by atomic mass is 14.5. The maximum absolute atomic E-state index is 8.85. The smallest absolute Gasteiger partial charge is 0.0869 e. The Kier molecular flexibility index (Phi) is 4.75. The first-order valence-electron chi connectivity index (χ1n) is 3.85. The molecule has 0 bridgehead atoms. The van der Waals surface area contributed by atoms with Crippen LogP contribution in [0.5, 0.6) is 0 Å². The number of rotatable bonds is 2. The van der Waals surface area contributed by atoms with Crippen LogP contribution in [0, 0.1) is 18.3 Å². The first-order chi connectivity index (χ1) is 5.77. The molecule has 1 aromatic carbocycles. The van der Waals surface area contributed by atoms with Crippen molar-refractivity contribution in [2.24, 2.45) is 0 Å². The predicted octanol–water partition coefficient (Wildman–Crippen LogP) is 1.19. The van der Waals surface area contributed by atoms with Crippen LogP contribution < -0.4 is 11.9 Å². The lowest BCUT2D eigenvalue weighted by Gasteiger charge is -2.04. The zero-order chi connectivity index (χ0) is 8.97. The fraction of sp³-hybridized carbons (Fsp3) is 0.300. The summed E-state index contributed by atoms with van der Waals surface area (Å²) in [5.41, 5.74) is 10.8. The minimum absolute atomic E-state index is 0. The summed E-state index contributed by atoms with van der Waals surface area (Å²) < 4.78 is 0. The largest absolute Gasteiger partial charge is 0.198 e. The van der Waals surface area contributed by atoms with Crippen LogP contribution in [0.15, 0.2) is 24.3 Å². The first kappa shape index (κ1) is 11.6. The van der Waals surface area contributed by atoms with Crippen molar-refractivity contribution in [3.63, 3.8) is 0 Å². The van der Waals surface area contributed by atoms with Crippen molar-refractivity contribution < 1.29 is 0 Å². The van der Waals surface area contributed by atoms with Gasteiger partial charge in [0.2, 0.25) is 0 Å². The van der Waals surface area contributed by atoms with E-state index in [1.54, 1.807) is 0 Å². The molecule has 65 valence electrons. The quantitative estimate of drug-likeness (QED) is 0.660. The Labute approximate surface area is 78.8 Å². The van der Waals surface area contributed by atoms with Crippen molar-refractivity contribution in [2.75, 3.05) is 6.54 Å². The van der Waals surface area contributed by atoms with E-state index in [1.807, 2.05) is 37.3 Å². The minimum Gasteiger partial charge on any atom is -0.198 e. The SMILES string of the molecule is Cc1cccc(C(C#N)C[N])c1.[N]. The monoisotopic (exact) mass is 172 g/mol. The standard InChI is InChI=1S/C10H10N2.N/c1-8-3-2-4-9(5-8)10(6-11)7-12;/h2-5,10H,6H2,1H3;. The third-order valence-electron chi connectivity index (χ3n) is 1.78. The number of aryl methyl sites for hydroxylation is 1. The maximum atomic E-state index is 8.85. The third kappa shape index (κ3) is 2.86. The van der Waals surface area contributed by atoms with E-state index < -0.39 is 0 Å². The molecule has 13 heavy (non-hydrogen) atoms. The van der Waals surface area contributed by atoms with Gasteiger partial charge in [0, 0.05) is 6.15 Å². The van der Waals surface area contributed by atoms with Crippen LogP contribution in [0.1, 0.15) is 17.0 Å². The second-order valence-electron chi connectivity index (χ2n) is 2.78. The molecule has 0 amide bonds. The Morgan fingerprint density at radius 2 is 2.15 bits per heavy atom. The van der Waals surface area contributed by atoms with E-state index >= 15 is 0 Å². The summed E-state index contributed by atoms with van der Waals surface area (Å²) in [5, 5.41) is 8.66. The number of benzene rings is 1. The van der Waals surface area contributed by atoms with Gasteiger partial charge in [0.15, 0.2) is 0 Å². The lowest BCUT2D eigenvalue weighted by atomic mass is 9.99. The van der Waals surface area contributed by atoms with Crippen LogP contribution in [0.2, 0.25) is 0 Å². The van der Waals surface area contributed by atoms with E-state index in [0.29, 0.717) is 0 Å². The summed E-state index contributed by atoms with van der Waals surface area (Å²) in [5.74, 6) is -0.384. The molecule has 0 heterocycles. The van der Waals surface area contributed by atoms with Gasteiger partial charge in [-0.15, -0.1) is 5.73 Å². The van der Waals surface area contributed by atoms with Gasteiger partial charge in [-0.05, 0) is 12.5 Å². The van der Waals surface area contributed by atoms with Gasteiger partial charge in [-0.2, -0.15) is 5.26 Å². The van der Waals surface area contributed by atoms with Crippen LogP contribution in [-0.4, -0.2) is 6.54 Å². The topological polar surface area (TPSA) is 76.6 Å². The Morgan fingerprint density at radius 3 is 2.62 bits per heavy atom. The fourth-order valence-corrected chi connectivity index (χ4v) is 1.11. The average molecular weight is 172 g/mol. The van der Waals surface area contributed by atoms with Crippen molar-refractivity contribution in [3.8, 4) is 6.07 Å². The normalized spacial score (nSPS) is 11.2. The molecular formula is C10H10N3. The van der Waals surface area contributed by atoms with Gasteiger partial charge in [0.25, 0.3) is 0 Å². The van der Waals surface area contributed by atoms with Gasteiger partial charge in [-0.1, -0.05) is 29.8 Å². The van der Waals surface area contributed by atoms with Crippen LogP contribution in [0.25, 0.3) is 0 Å². The number of hydrogen-bond donors (Lipinski definition) is 0. The van der Waals surface area contributed by atoms with Crippen LogP contribution in [0.4, 0.5) is 0 Å². The summed E-state index contributed by atoms with van der Waals surface area (Å²) >= 11 is 0. The molecule has 0 spiro atoms. The molecule has 1 aromatic rings. The number of hydrogen-bond acceptors (Lipinski definition) is 1. The molecule has 0 aliphatic heterocycles. The zero-order valence-corrected chi connectivity index (χ0v) is 7.44. The Bertz CT molecular complexity index is 301. The molecule has 0 fully saturated rings. The van der Waals surface area contributed by atoms with Gasteiger partial charge in [0.05, 0.1) is 18.5 Å². The molecule has 0 saturated carbocycles. The summed E-state index contributed by atoms with van der Waals surface area (Å²) in [6.45, 7) is 1.86. The van der Waals surface area contributed by atoms with Crippen LogP contribution in [0.3, 0.4) is 0 Å². The molecule has 0 saturated heterocycles. The van der Waals surface area contributed by atoms with E-state index in [0.717, 1.165) is 11.1 Å². The molecular weight excluding hydrogens is 162 g/mol. The van der Waals surface area contributed by atoms with Gasteiger partial charge in [0.1, 0.15) is 0 Å². The van der Waals surface area contributed by atoms with Crippen LogP contribution >= 0.6 is 0 Å². The highest BCUT2D eigenvalue weighted by Gasteiger charge is 2.07. The third-order valence-corrected chi connectivity index (χ3v) is 1.78. The molecule has 0 aliphatic rings. The summed E-state index contributed by atoms with van der Waals surface area (Å²) in [6, 6.07) is 9.69. The van der Waals surface area contributed by atoms with Gasteiger partial charge >= 0.3 is 0 Å². The van der Waals surface area contributed by atoms with Gasteiger partial charge in [-0.3, -0.25) is 0 Å². The summed E-state index contributed by atoms with van der Waals surface area (Å²) in [7, 11) is 0. The van der Waals surface area contributed by atoms with Crippen molar-refractivity contribution in [1.82, 2.24) is 11.9 Å². The van der Waals surface area contributed by atoms with Crippen molar-refractivity contribution in [3.05, 3.63) is 35.4 Å². The Balaban J connectivity index is 0.00000144. The molecule has 1 atom stereocenters. The van der Waals surface area contributed by atoms with E-state index in [-0.39, 0.29) is 18.6 Å². The molecule has 3 nitrogen and oxygen atoms in total. The van der Waals surface area contributed by atoms with Crippen LogP contribution in [-0.2, 0) is 0 Å². The number of nitriles is 1. The number of nitrogens with zero attached hydrogens (tertiary/aromatic N) is 3. The maximum Gasteiger partial charge on any atom is 0.0869 e. The van der Waals surface area contributed by atoms with E-state index in [2.05, 4.69) is 0 Å². The predicted molar refractivity (Wildman–Crippen MR) is 48.7 cm³/mol. The van der Waals surface area contributed by atoms with E-state index in [9.17, 15) is 0 Å². The molecule has 1 rings (SSSR count). The molecule has 0 aliphatic carbocycles. The van der Waals surface area contributed by atoms with Crippen molar-refractivity contribution >= 4 is 0 Å². The van der Waals surface area contributed by atoms with Gasteiger partial charge < -0.3 is 0 Å². The second kappa shape index (κ2) is 5.31. The van der Waals surface area contributed by atoms with E-state index in [1.165, 1.54) is 0 Å². The fourth-order valence-electron chi connectivity index (χ4n) is 1.11. The minimum atomic E-state index is -0.384. The average Bonchev–Trinajstić information content (AvgIpc) is 2.07. The Morgan fingerprint density at radius 1 is 1.46 bits per heavy atom. The van der Waals surface area contributed by atoms with Crippen molar-refractivity contribution in [1.29, 1.82) is 5.26 Å². The lowest BCUT2D eigenvalue weighted by Crippen LogP contribution is -2.02. The summed E-state index contributed by atoms with van der Waals surface area (Å²) in [6.07, 6.45) is 0. The highest BCUT2D eigenvalue weighted by molar-refractivity contribution is 5.29. The Hall–Kier alpha value is -1.37. The first-order valence-corrected chi connectivity index (χ1v) is 3.85. The molecule has 0 N–H and O–H groups in total. The van der Waals surface area contributed by atoms with Crippen molar-refractivity contribution in [2.45, 2.75) is 12.8 Å². The van der Waals surface area contributed by atoms with E-state index in [4.69, 9.17) is 11.0 Å². The zero-order valence-electron chi connectivity index (χ0n) is 7.44. The molecule has 1 unspecified atom stereocenters. The molecule has 3 heteroatoms. The summed E-state index contributed by atoms with van der Waals surface area (Å²) in [4.78, 5) is 0. The van der Waals surface area contributed by atoms with Gasteiger partial charge in [-0.25, -0.2) is 0 Å². The molecule has 5 radical (unpaired) electrons. The highest BCUT2D eigenvalue weighted by Crippen LogP contribution is 2.14. The lowest BCUT2D eigenvalue weighted by molar-refractivity contribution is 0.841. The molecule has 0 aromatic heterocycles. The second-order valence-corrected chi connectivity index (χ2v) is 2.78.